The van der Waals surface area contributed by atoms with E-state index in [0.29, 0.717) is 27.1 Å². The Bertz CT molecular complexity index is 1140. The first-order valence-corrected chi connectivity index (χ1v) is 9.14. The summed E-state index contributed by atoms with van der Waals surface area (Å²) < 4.78 is 5.15. The van der Waals surface area contributed by atoms with Crippen LogP contribution in [0.1, 0.15) is 16.7 Å². The van der Waals surface area contributed by atoms with Crippen molar-refractivity contribution < 1.29 is 24.2 Å². The van der Waals surface area contributed by atoms with Crippen LogP contribution in [0.5, 0.6) is 5.75 Å². The molecule has 1 aromatic heterocycles. The topological polar surface area (TPSA) is 117 Å². The number of fused-ring (bicyclic) bond motifs is 1. The maximum absolute atomic E-state index is 12.5. The first-order chi connectivity index (χ1) is 13.7. The summed E-state index contributed by atoms with van der Waals surface area (Å²) in [6, 6.07) is 9.71. The van der Waals surface area contributed by atoms with Gasteiger partial charge in [0.1, 0.15) is 17.4 Å². The second-order valence-corrected chi connectivity index (χ2v) is 7.08. The van der Waals surface area contributed by atoms with Gasteiger partial charge >= 0.3 is 11.6 Å². The lowest BCUT2D eigenvalue weighted by Crippen LogP contribution is -2.43. The van der Waals surface area contributed by atoms with E-state index in [4.69, 9.17) is 16.0 Å². The van der Waals surface area contributed by atoms with Crippen molar-refractivity contribution in [1.29, 1.82) is 0 Å². The van der Waals surface area contributed by atoms with Gasteiger partial charge in [-0.2, -0.15) is 0 Å². The van der Waals surface area contributed by atoms with Gasteiger partial charge in [0, 0.05) is 28.5 Å². The number of aromatic hydroxyl groups is 1. The van der Waals surface area contributed by atoms with E-state index in [1.165, 1.54) is 12.1 Å². The van der Waals surface area contributed by atoms with Gasteiger partial charge in [0.25, 0.3) is 0 Å². The molecule has 1 atom stereocenters. The summed E-state index contributed by atoms with van der Waals surface area (Å²) in [5, 5.41) is 22.8. The minimum absolute atomic E-state index is 0.0313. The maximum atomic E-state index is 12.5. The molecule has 3 N–H and O–H groups in total. The molecular formula is C21H18ClNO6. The van der Waals surface area contributed by atoms with Crippen molar-refractivity contribution in [2.45, 2.75) is 25.8 Å². The number of aliphatic carboxylic acids is 1. The lowest BCUT2D eigenvalue weighted by molar-refractivity contribution is -0.141. The number of hydrogen-bond donors (Lipinski definition) is 3. The number of nitrogens with one attached hydrogen (secondary N) is 1. The summed E-state index contributed by atoms with van der Waals surface area (Å²) in [5.41, 5.74) is 1.00. The smallest absolute Gasteiger partial charge is 0.336 e. The van der Waals surface area contributed by atoms with E-state index in [1.54, 1.807) is 37.3 Å². The van der Waals surface area contributed by atoms with Crippen molar-refractivity contribution in [2.75, 3.05) is 0 Å². The lowest BCUT2D eigenvalue weighted by atomic mass is 10.0. The molecule has 0 unspecified atom stereocenters. The van der Waals surface area contributed by atoms with Gasteiger partial charge in [-0.05, 0) is 42.3 Å². The zero-order valence-corrected chi connectivity index (χ0v) is 16.2. The first kappa shape index (κ1) is 20.4. The average molecular weight is 416 g/mol. The third-order valence-electron chi connectivity index (χ3n) is 4.56. The van der Waals surface area contributed by atoms with Gasteiger partial charge in [-0.3, -0.25) is 4.79 Å². The van der Waals surface area contributed by atoms with Crippen molar-refractivity contribution in [3.63, 3.8) is 0 Å². The third kappa shape index (κ3) is 4.75. The van der Waals surface area contributed by atoms with Crippen LogP contribution in [0.4, 0.5) is 0 Å². The molecule has 2 aromatic carbocycles. The molecule has 3 aromatic rings. The first-order valence-electron chi connectivity index (χ1n) is 8.76. The predicted octanol–water partition coefficient (Wildman–Crippen LogP) is 2.82. The van der Waals surface area contributed by atoms with E-state index in [2.05, 4.69) is 5.32 Å². The van der Waals surface area contributed by atoms with Crippen LogP contribution < -0.4 is 10.9 Å². The fourth-order valence-electron chi connectivity index (χ4n) is 3.04. The van der Waals surface area contributed by atoms with E-state index in [9.17, 15) is 24.6 Å². The highest BCUT2D eigenvalue weighted by Gasteiger charge is 2.21. The molecule has 0 saturated carbocycles. The minimum atomic E-state index is -1.17. The van der Waals surface area contributed by atoms with Crippen molar-refractivity contribution in [2.24, 2.45) is 0 Å². The molecule has 150 valence electrons. The Morgan fingerprint density at radius 1 is 1.17 bits per heavy atom. The fourth-order valence-corrected chi connectivity index (χ4v) is 3.16. The Labute approximate surface area is 170 Å². The Balaban J connectivity index is 1.82. The standard InChI is InChI=1S/C21H18ClNO6/c1-11-17(24)7-6-15-13(10-19(26)29-20(11)15)9-18(25)23-16(21(27)28)8-12-2-4-14(22)5-3-12/h2-7,10,16,24H,8-9H2,1H3,(H,23,25)(H,27,28)/t16-/m0/s1. The van der Waals surface area contributed by atoms with Crippen LogP contribution in [0.2, 0.25) is 5.02 Å². The number of phenols is 1. The molecule has 0 fully saturated rings. The van der Waals surface area contributed by atoms with Crippen molar-refractivity contribution >= 4 is 34.4 Å². The Kier molecular flexibility index (Phi) is 5.89. The summed E-state index contributed by atoms with van der Waals surface area (Å²) in [6.45, 7) is 1.59. The van der Waals surface area contributed by atoms with E-state index >= 15 is 0 Å². The average Bonchev–Trinajstić information content (AvgIpc) is 2.66. The molecule has 0 bridgehead atoms. The number of carbonyl (C=O) groups excluding carboxylic acids is 1. The van der Waals surface area contributed by atoms with E-state index in [-0.39, 0.29) is 24.2 Å². The van der Waals surface area contributed by atoms with E-state index in [0.717, 1.165) is 0 Å². The van der Waals surface area contributed by atoms with Crippen molar-refractivity contribution in [3.05, 3.63) is 74.6 Å². The number of halogens is 1. The van der Waals surface area contributed by atoms with E-state index in [1.807, 2.05) is 0 Å². The fraction of sp³-hybridized carbons (Fsp3) is 0.190. The number of carbonyl (C=O) groups is 2. The molecule has 29 heavy (non-hydrogen) atoms. The van der Waals surface area contributed by atoms with Gasteiger partial charge in [0.05, 0.1) is 6.42 Å². The number of carboxylic acid groups (broad SMARTS) is 1. The summed E-state index contributed by atoms with van der Waals surface area (Å²) >= 11 is 5.83. The quantitative estimate of drug-likeness (QED) is 0.533. The van der Waals surface area contributed by atoms with Crippen molar-refractivity contribution in [3.8, 4) is 5.75 Å². The molecule has 8 heteroatoms. The lowest BCUT2D eigenvalue weighted by Gasteiger charge is -2.15. The maximum Gasteiger partial charge on any atom is 0.336 e. The highest BCUT2D eigenvalue weighted by molar-refractivity contribution is 6.30. The molecule has 3 rings (SSSR count). The molecular weight excluding hydrogens is 398 g/mol. The normalized spacial score (nSPS) is 11.9. The zero-order valence-electron chi connectivity index (χ0n) is 15.4. The Hall–Kier alpha value is -3.32. The van der Waals surface area contributed by atoms with Crippen LogP contribution in [-0.2, 0) is 22.4 Å². The predicted molar refractivity (Wildman–Crippen MR) is 107 cm³/mol. The van der Waals surface area contributed by atoms with Gasteiger partial charge in [-0.25, -0.2) is 9.59 Å². The van der Waals surface area contributed by atoms with Gasteiger partial charge < -0.3 is 19.9 Å². The van der Waals surface area contributed by atoms with Gasteiger partial charge in [-0.1, -0.05) is 23.7 Å². The summed E-state index contributed by atoms with van der Waals surface area (Å²) in [5.74, 6) is -1.76. The Morgan fingerprint density at radius 3 is 2.52 bits per heavy atom. The molecule has 0 aliphatic carbocycles. The van der Waals surface area contributed by atoms with Gasteiger partial charge in [0.15, 0.2) is 0 Å². The molecule has 7 nitrogen and oxygen atoms in total. The number of phenolic OH excluding ortho intramolecular Hbond substituents is 1. The summed E-state index contributed by atoms with van der Waals surface area (Å²) in [4.78, 5) is 35.9. The van der Waals surface area contributed by atoms with Crippen LogP contribution in [-0.4, -0.2) is 28.1 Å². The largest absolute Gasteiger partial charge is 0.508 e. The highest BCUT2D eigenvalue weighted by Crippen LogP contribution is 2.27. The van der Waals surface area contributed by atoms with Crippen LogP contribution in [0.3, 0.4) is 0 Å². The van der Waals surface area contributed by atoms with Crippen LogP contribution in [0.25, 0.3) is 11.0 Å². The monoisotopic (exact) mass is 415 g/mol. The molecule has 0 spiro atoms. The minimum Gasteiger partial charge on any atom is -0.508 e. The third-order valence-corrected chi connectivity index (χ3v) is 4.81. The Morgan fingerprint density at radius 2 is 1.86 bits per heavy atom. The SMILES string of the molecule is Cc1c(O)ccc2c(CC(=O)N[C@@H](Cc3ccc(Cl)cc3)C(=O)O)cc(=O)oc12. The van der Waals surface area contributed by atoms with Crippen LogP contribution in [0, 0.1) is 6.92 Å². The van der Waals surface area contributed by atoms with E-state index < -0.39 is 23.5 Å². The number of rotatable bonds is 6. The molecule has 0 radical (unpaired) electrons. The zero-order chi connectivity index (χ0) is 21.1. The van der Waals surface area contributed by atoms with Crippen molar-refractivity contribution in [1.82, 2.24) is 5.32 Å². The molecule has 0 saturated heterocycles. The summed E-state index contributed by atoms with van der Waals surface area (Å²) in [6.07, 6.45) is -0.125. The van der Waals surface area contributed by atoms with Crippen LogP contribution >= 0.6 is 11.6 Å². The van der Waals surface area contributed by atoms with Gasteiger partial charge in [0.2, 0.25) is 5.91 Å². The number of hydrogen-bond acceptors (Lipinski definition) is 5. The number of benzene rings is 2. The highest BCUT2D eigenvalue weighted by atomic mass is 35.5. The number of amides is 1. The van der Waals surface area contributed by atoms with Gasteiger partial charge in [-0.15, -0.1) is 0 Å². The molecule has 1 amide bonds. The summed E-state index contributed by atoms with van der Waals surface area (Å²) in [7, 11) is 0. The van der Waals surface area contributed by atoms with Crippen LogP contribution in [0.15, 0.2) is 51.7 Å². The molecule has 0 aliphatic heterocycles. The number of carboxylic acids is 1. The number of aryl methyl sites for hydroxylation is 1. The molecule has 1 heterocycles. The second kappa shape index (κ2) is 8.36. The molecule has 0 aliphatic rings. The second-order valence-electron chi connectivity index (χ2n) is 6.64.